The highest BCUT2D eigenvalue weighted by molar-refractivity contribution is 5.77. The SMILES string of the molecule is NC(=O)[C@H](Cc1cccc(F)c1)C[C@H](O)[C@@H](N)Cc1ccccc1. The number of carbonyl (C=O) groups is 1. The summed E-state index contributed by atoms with van der Waals surface area (Å²) < 4.78 is 13.3. The molecule has 0 saturated heterocycles. The van der Waals surface area contributed by atoms with Crippen molar-refractivity contribution in [3.05, 3.63) is 71.5 Å². The summed E-state index contributed by atoms with van der Waals surface area (Å²) in [5.41, 5.74) is 13.2. The maximum atomic E-state index is 13.3. The molecule has 1 amide bonds. The summed E-state index contributed by atoms with van der Waals surface area (Å²) in [7, 11) is 0. The standard InChI is InChI=1S/C19H23FN2O2/c20-16-8-4-7-14(10-16)9-15(19(22)24)12-18(23)17(21)11-13-5-2-1-3-6-13/h1-8,10,15,17-18,23H,9,11-12,21H2,(H2,22,24)/t15-,17+,18+/m1/s1. The lowest BCUT2D eigenvalue weighted by Gasteiger charge is -2.23. The Balaban J connectivity index is 1.97. The predicted octanol–water partition coefficient (Wildman–Crippen LogP) is 1.79. The van der Waals surface area contributed by atoms with E-state index in [0.717, 1.165) is 5.56 Å². The molecule has 0 aliphatic carbocycles. The lowest BCUT2D eigenvalue weighted by atomic mass is 9.89. The predicted molar refractivity (Wildman–Crippen MR) is 91.5 cm³/mol. The van der Waals surface area contributed by atoms with E-state index in [1.54, 1.807) is 12.1 Å². The summed E-state index contributed by atoms with van der Waals surface area (Å²) in [6, 6.07) is 15.1. The van der Waals surface area contributed by atoms with Crippen LogP contribution in [0.1, 0.15) is 17.5 Å². The molecule has 5 N–H and O–H groups in total. The van der Waals surface area contributed by atoms with Crippen LogP contribution in [0.15, 0.2) is 54.6 Å². The van der Waals surface area contributed by atoms with Gasteiger partial charge in [0.25, 0.3) is 0 Å². The van der Waals surface area contributed by atoms with Gasteiger partial charge in [0.05, 0.1) is 6.10 Å². The van der Waals surface area contributed by atoms with Crippen LogP contribution in [0.25, 0.3) is 0 Å². The van der Waals surface area contributed by atoms with Gasteiger partial charge in [0, 0.05) is 12.0 Å². The van der Waals surface area contributed by atoms with Crippen LogP contribution in [-0.4, -0.2) is 23.2 Å². The van der Waals surface area contributed by atoms with Crippen molar-refractivity contribution in [1.82, 2.24) is 0 Å². The molecule has 24 heavy (non-hydrogen) atoms. The van der Waals surface area contributed by atoms with E-state index in [9.17, 15) is 14.3 Å². The Morgan fingerprint density at radius 3 is 2.33 bits per heavy atom. The number of hydrogen-bond donors (Lipinski definition) is 3. The lowest BCUT2D eigenvalue weighted by molar-refractivity contribution is -0.122. The van der Waals surface area contributed by atoms with E-state index in [1.165, 1.54) is 12.1 Å². The van der Waals surface area contributed by atoms with Gasteiger partial charge in [0.15, 0.2) is 0 Å². The van der Waals surface area contributed by atoms with Crippen LogP contribution in [0.4, 0.5) is 4.39 Å². The lowest BCUT2D eigenvalue weighted by Crippen LogP contribution is -2.40. The number of aliphatic hydroxyl groups is 1. The average molecular weight is 330 g/mol. The van der Waals surface area contributed by atoms with Gasteiger partial charge in [-0.25, -0.2) is 4.39 Å². The van der Waals surface area contributed by atoms with Gasteiger partial charge in [-0.05, 0) is 42.5 Å². The number of primary amides is 1. The molecule has 5 heteroatoms. The number of aliphatic hydroxyl groups excluding tert-OH is 1. The van der Waals surface area contributed by atoms with Crippen LogP contribution >= 0.6 is 0 Å². The van der Waals surface area contributed by atoms with Crippen molar-refractivity contribution < 1.29 is 14.3 Å². The first kappa shape index (κ1) is 18.1. The summed E-state index contributed by atoms with van der Waals surface area (Å²) in [4.78, 5) is 11.7. The zero-order valence-corrected chi connectivity index (χ0v) is 13.4. The molecule has 0 spiro atoms. The van der Waals surface area contributed by atoms with Crippen LogP contribution in [0.2, 0.25) is 0 Å². The van der Waals surface area contributed by atoms with Crippen LogP contribution in [0, 0.1) is 11.7 Å². The molecule has 128 valence electrons. The second kappa shape index (κ2) is 8.57. The molecule has 0 saturated carbocycles. The Hall–Kier alpha value is -2.24. The minimum Gasteiger partial charge on any atom is -0.391 e. The molecule has 0 aliphatic heterocycles. The first-order valence-corrected chi connectivity index (χ1v) is 7.97. The zero-order chi connectivity index (χ0) is 17.5. The Kier molecular flexibility index (Phi) is 6.46. The van der Waals surface area contributed by atoms with Gasteiger partial charge in [0.2, 0.25) is 5.91 Å². The van der Waals surface area contributed by atoms with Gasteiger partial charge >= 0.3 is 0 Å². The van der Waals surface area contributed by atoms with Crippen molar-refractivity contribution in [3.8, 4) is 0 Å². The third-order valence-corrected chi connectivity index (χ3v) is 4.11. The molecule has 0 heterocycles. The maximum Gasteiger partial charge on any atom is 0.220 e. The quantitative estimate of drug-likeness (QED) is 0.689. The number of nitrogens with two attached hydrogens (primary N) is 2. The van der Waals surface area contributed by atoms with Crippen molar-refractivity contribution in [3.63, 3.8) is 0 Å². The molecule has 0 bridgehead atoms. The van der Waals surface area contributed by atoms with Gasteiger partial charge in [-0.1, -0.05) is 42.5 Å². The Morgan fingerprint density at radius 2 is 1.71 bits per heavy atom. The van der Waals surface area contributed by atoms with E-state index in [4.69, 9.17) is 11.5 Å². The van der Waals surface area contributed by atoms with Crippen molar-refractivity contribution in [2.75, 3.05) is 0 Å². The fourth-order valence-corrected chi connectivity index (χ4v) is 2.74. The van der Waals surface area contributed by atoms with Crippen LogP contribution in [0.5, 0.6) is 0 Å². The summed E-state index contributed by atoms with van der Waals surface area (Å²) in [6.45, 7) is 0. The minimum absolute atomic E-state index is 0.153. The van der Waals surface area contributed by atoms with E-state index in [1.807, 2.05) is 30.3 Å². The van der Waals surface area contributed by atoms with Crippen molar-refractivity contribution >= 4 is 5.91 Å². The van der Waals surface area contributed by atoms with Crippen LogP contribution in [0.3, 0.4) is 0 Å². The Labute approximate surface area is 141 Å². The van der Waals surface area contributed by atoms with Crippen LogP contribution in [-0.2, 0) is 17.6 Å². The first-order valence-electron chi connectivity index (χ1n) is 7.97. The van der Waals surface area contributed by atoms with Crippen LogP contribution < -0.4 is 11.5 Å². The molecule has 2 aromatic carbocycles. The molecular weight excluding hydrogens is 307 g/mol. The molecule has 0 aromatic heterocycles. The van der Waals surface area contributed by atoms with E-state index in [0.29, 0.717) is 12.0 Å². The maximum absolute atomic E-state index is 13.3. The number of amides is 1. The molecule has 0 aliphatic rings. The highest BCUT2D eigenvalue weighted by atomic mass is 19.1. The van der Waals surface area contributed by atoms with E-state index < -0.39 is 24.0 Å². The van der Waals surface area contributed by atoms with Gasteiger partial charge in [-0.2, -0.15) is 0 Å². The third kappa shape index (κ3) is 5.44. The van der Waals surface area contributed by atoms with E-state index in [-0.39, 0.29) is 18.7 Å². The van der Waals surface area contributed by atoms with E-state index >= 15 is 0 Å². The number of halogens is 1. The molecule has 3 atom stereocenters. The smallest absolute Gasteiger partial charge is 0.220 e. The molecule has 0 fully saturated rings. The minimum atomic E-state index is -0.865. The van der Waals surface area contributed by atoms with Crippen molar-refractivity contribution in [1.29, 1.82) is 0 Å². The normalized spacial score (nSPS) is 14.8. The first-order chi connectivity index (χ1) is 11.5. The average Bonchev–Trinajstić information content (AvgIpc) is 2.55. The molecule has 0 unspecified atom stereocenters. The zero-order valence-electron chi connectivity index (χ0n) is 13.4. The molecule has 2 rings (SSSR count). The summed E-state index contributed by atoms with van der Waals surface area (Å²) in [5.74, 6) is -1.48. The summed E-state index contributed by atoms with van der Waals surface area (Å²) >= 11 is 0. The number of benzene rings is 2. The highest BCUT2D eigenvalue weighted by Crippen LogP contribution is 2.17. The van der Waals surface area contributed by atoms with Gasteiger partial charge in [0.1, 0.15) is 5.82 Å². The van der Waals surface area contributed by atoms with Gasteiger partial charge < -0.3 is 16.6 Å². The number of carbonyl (C=O) groups excluding carboxylic acids is 1. The second-order valence-electron chi connectivity index (χ2n) is 6.09. The molecular formula is C19H23FN2O2. The second-order valence-corrected chi connectivity index (χ2v) is 6.09. The fourth-order valence-electron chi connectivity index (χ4n) is 2.74. The topological polar surface area (TPSA) is 89.3 Å². The largest absolute Gasteiger partial charge is 0.391 e. The summed E-state index contributed by atoms with van der Waals surface area (Å²) in [5, 5.41) is 10.3. The van der Waals surface area contributed by atoms with E-state index in [2.05, 4.69) is 0 Å². The molecule has 2 aromatic rings. The Bertz CT molecular complexity index is 663. The van der Waals surface area contributed by atoms with Crippen molar-refractivity contribution in [2.45, 2.75) is 31.4 Å². The number of rotatable bonds is 8. The third-order valence-electron chi connectivity index (χ3n) is 4.11. The van der Waals surface area contributed by atoms with Crippen molar-refractivity contribution in [2.24, 2.45) is 17.4 Å². The monoisotopic (exact) mass is 330 g/mol. The summed E-state index contributed by atoms with van der Waals surface area (Å²) in [6.07, 6.45) is 0.0754. The van der Waals surface area contributed by atoms with Gasteiger partial charge in [-0.3, -0.25) is 4.79 Å². The Morgan fingerprint density at radius 1 is 1.04 bits per heavy atom. The van der Waals surface area contributed by atoms with Gasteiger partial charge in [-0.15, -0.1) is 0 Å². The number of hydrogen-bond acceptors (Lipinski definition) is 3. The fraction of sp³-hybridized carbons (Fsp3) is 0.316. The highest BCUT2D eigenvalue weighted by Gasteiger charge is 2.24. The molecule has 4 nitrogen and oxygen atoms in total. The molecule has 0 radical (unpaired) electrons.